The highest BCUT2D eigenvalue weighted by Gasteiger charge is 2.37. The van der Waals surface area contributed by atoms with Gasteiger partial charge in [0.1, 0.15) is 0 Å². The molecule has 1 saturated heterocycles. The number of nitrogens with two attached hydrogens (primary N) is 1. The third-order valence-corrected chi connectivity index (χ3v) is 6.04. The van der Waals surface area contributed by atoms with Gasteiger partial charge in [-0.15, -0.1) is 0 Å². The molecule has 1 heterocycles. The summed E-state index contributed by atoms with van der Waals surface area (Å²) in [5, 5.41) is 0. The van der Waals surface area contributed by atoms with Crippen LogP contribution in [0.15, 0.2) is 23.1 Å². The summed E-state index contributed by atoms with van der Waals surface area (Å²) < 4.78 is 28.4. The van der Waals surface area contributed by atoms with E-state index in [1.807, 2.05) is 33.0 Å². The summed E-state index contributed by atoms with van der Waals surface area (Å²) in [5.74, 6) is 0. The SMILES string of the molecule is Cc1ccc(C)c(S(=O)(=O)NC2(CN)CCN(C)CC2)c1. The van der Waals surface area contributed by atoms with Crippen molar-refractivity contribution in [2.24, 2.45) is 5.73 Å². The second-order valence-electron chi connectivity index (χ2n) is 6.16. The molecular weight excluding hydrogens is 286 g/mol. The van der Waals surface area contributed by atoms with Crippen LogP contribution in [0.5, 0.6) is 0 Å². The first kappa shape index (κ1) is 16.4. The molecule has 0 unspecified atom stereocenters. The Kier molecular flexibility index (Phi) is 4.72. The number of hydrogen-bond donors (Lipinski definition) is 2. The van der Waals surface area contributed by atoms with E-state index in [1.165, 1.54) is 0 Å². The first-order valence-electron chi connectivity index (χ1n) is 7.28. The second kappa shape index (κ2) is 6.04. The number of nitrogens with zero attached hydrogens (tertiary/aromatic N) is 1. The number of sulfonamides is 1. The van der Waals surface area contributed by atoms with Gasteiger partial charge in [-0.3, -0.25) is 0 Å². The van der Waals surface area contributed by atoms with Crippen LogP contribution in [-0.4, -0.2) is 45.5 Å². The molecule has 0 atom stereocenters. The quantitative estimate of drug-likeness (QED) is 0.870. The molecule has 0 spiro atoms. The summed E-state index contributed by atoms with van der Waals surface area (Å²) >= 11 is 0. The van der Waals surface area contributed by atoms with Gasteiger partial charge in [0.05, 0.1) is 4.90 Å². The van der Waals surface area contributed by atoms with E-state index in [0.29, 0.717) is 11.4 Å². The molecule has 2 rings (SSSR count). The minimum atomic E-state index is -3.55. The summed E-state index contributed by atoms with van der Waals surface area (Å²) in [6.45, 7) is 5.74. The van der Waals surface area contributed by atoms with Crippen molar-refractivity contribution in [1.29, 1.82) is 0 Å². The van der Waals surface area contributed by atoms with E-state index in [-0.39, 0.29) is 0 Å². The highest BCUT2D eigenvalue weighted by Crippen LogP contribution is 2.25. The van der Waals surface area contributed by atoms with Gasteiger partial charge in [-0.2, -0.15) is 0 Å². The van der Waals surface area contributed by atoms with Crippen LogP contribution in [0.4, 0.5) is 0 Å². The van der Waals surface area contributed by atoms with E-state index in [1.54, 1.807) is 6.07 Å². The summed E-state index contributed by atoms with van der Waals surface area (Å²) in [6, 6.07) is 5.48. The summed E-state index contributed by atoms with van der Waals surface area (Å²) in [6.07, 6.45) is 1.48. The molecule has 1 aromatic carbocycles. The zero-order valence-electron chi connectivity index (χ0n) is 13.0. The molecule has 1 fully saturated rings. The molecule has 118 valence electrons. The molecule has 21 heavy (non-hydrogen) atoms. The molecule has 6 heteroatoms. The van der Waals surface area contributed by atoms with E-state index in [9.17, 15) is 8.42 Å². The van der Waals surface area contributed by atoms with Gasteiger partial charge in [-0.25, -0.2) is 13.1 Å². The number of benzene rings is 1. The molecule has 1 aliphatic rings. The highest BCUT2D eigenvalue weighted by atomic mass is 32.2. The van der Waals surface area contributed by atoms with Crippen LogP contribution in [0.1, 0.15) is 24.0 Å². The van der Waals surface area contributed by atoms with Gasteiger partial charge in [-0.05, 0) is 64.0 Å². The smallest absolute Gasteiger partial charge is 0.241 e. The van der Waals surface area contributed by atoms with Crippen LogP contribution < -0.4 is 10.5 Å². The molecule has 1 aliphatic heterocycles. The van der Waals surface area contributed by atoms with E-state index in [4.69, 9.17) is 5.73 Å². The lowest BCUT2D eigenvalue weighted by atomic mass is 9.89. The van der Waals surface area contributed by atoms with Crippen molar-refractivity contribution in [3.05, 3.63) is 29.3 Å². The van der Waals surface area contributed by atoms with Gasteiger partial charge in [-0.1, -0.05) is 12.1 Å². The monoisotopic (exact) mass is 311 g/mol. The maximum atomic E-state index is 12.7. The van der Waals surface area contributed by atoms with E-state index in [2.05, 4.69) is 9.62 Å². The fourth-order valence-corrected chi connectivity index (χ4v) is 4.53. The molecule has 0 saturated carbocycles. The zero-order valence-corrected chi connectivity index (χ0v) is 13.8. The minimum absolute atomic E-state index is 0.324. The molecule has 0 radical (unpaired) electrons. The molecule has 0 aromatic heterocycles. The van der Waals surface area contributed by atoms with Gasteiger partial charge >= 0.3 is 0 Å². The third-order valence-electron chi connectivity index (χ3n) is 4.32. The van der Waals surface area contributed by atoms with Crippen molar-refractivity contribution in [3.63, 3.8) is 0 Å². The van der Waals surface area contributed by atoms with Gasteiger partial charge in [0, 0.05) is 12.1 Å². The first-order chi connectivity index (χ1) is 9.78. The van der Waals surface area contributed by atoms with Gasteiger partial charge < -0.3 is 10.6 Å². The summed E-state index contributed by atoms with van der Waals surface area (Å²) in [5.41, 5.74) is 7.06. The van der Waals surface area contributed by atoms with Crippen LogP contribution in [0.25, 0.3) is 0 Å². The number of nitrogens with one attached hydrogen (secondary N) is 1. The van der Waals surface area contributed by atoms with E-state index >= 15 is 0 Å². The van der Waals surface area contributed by atoms with Crippen molar-refractivity contribution in [1.82, 2.24) is 9.62 Å². The predicted molar refractivity (Wildman–Crippen MR) is 84.8 cm³/mol. The number of piperidine rings is 1. The predicted octanol–water partition coefficient (Wildman–Crippen LogP) is 1.00. The van der Waals surface area contributed by atoms with E-state index < -0.39 is 15.6 Å². The lowest BCUT2D eigenvalue weighted by Gasteiger charge is -2.40. The third kappa shape index (κ3) is 3.63. The van der Waals surface area contributed by atoms with Crippen molar-refractivity contribution >= 4 is 10.0 Å². The summed E-state index contributed by atoms with van der Waals surface area (Å²) in [7, 11) is -1.51. The Balaban J connectivity index is 2.29. The van der Waals surface area contributed by atoms with Crippen molar-refractivity contribution in [2.45, 2.75) is 37.1 Å². The average molecular weight is 311 g/mol. The standard InChI is InChI=1S/C15H25N3O2S/c1-12-4-5-13(2)14(10-12)21(19,20)17-15(11-16)6-8-18(3)9-7-15/h4-5,10,17H,6-9,11,16H2,1-3H3. The fraction of sp³-hybridized carbons (Fsp3) is 0.600. The normalized spacial score (nSPS) is 19.6. The number of rotatable bonds is 4. The van der Waals surface area contributed by atoms with Crippen LogP contribution in [-0.2, 0) is 10.0 Å². The minimum Gasteiger partial charge on any atom is -0.329 e. The van der Waals surface area contributed by atoms with Crippen LogP contribution in [0, 0.1) is 13.8 Å². The topological polar surface area (TPSA) is 75.4 Å². The number of likely N-dealkylation sites (tertiary alicyclic amines) is 1. The number of hydrogen-bond acceptors (Lipinski definition) is 4. The maximum Gasteiger partial charge on any atom is 0.241 e. The van der Waals surface area contributed by atoms with Crippen LogP contribution in [0.2, 0.25) is 0 Å². The van der Waals surface area contributed by atoms with Crippen molar-refractivity contribution in [3.8, 4) is 0 Å². The summed E-state index contributed by atoms with van der Waals surface area (Å²) in [4.78, 5) is 2.55. The fourth-order valence-electron chi connectivity index (χ4n) is 2.73. The van der Waals surface area contributed by atoms with Crippen LogP contribution >= 0.6 is 0 Å². The maximum absolute atomic E-state index is 12.7. The zero-order chi connectivity index (χ0) is 15.7. The van der Waals surface area contributed by atoms with E-state index in [0.717, 1.165) is 37.1 Å². The average Bonchev–Trinajstić information content (AvgIpc) is 2.44. The Hall–Kier alpha value is -0.950. The van der Waals surface area contributed by atoms with Crippen molar-refractivity contribution in [2.75, 3.05) is 26.7 Å². The molecule has 0 bridgehead atoms. The molecule has 0 aliphatic carbocycles. The molecule has 3 N–H and O–H groups in total. The Morgan fingerprint density at radius 3 is 2.48 bits per heavy atom. The highest BCUT2D eigenvalue weighted by molar-refractivity contribution is 7.89. The molecule has 1 aromatic rings. The molecular formula is C15H25N3O2S. The molecule has 5 nitrogen and oxygen atoms in total. The lowest BCUT2D eigenvalue weighted by Crippen LogP contribution is -2.58. The van der Waals surface area contributed by atoms with Crippen LogP contribution in [0.3, 0.4) is 0 Å². The Morgan fingerprint density at radius 2 is 1.90 bits per heavy atom. The largest absolute Gasteiger partial charge is 0.329 e. The lowest BCUT2D eigenvalue weighted by molar-refractivity contribution is 0.182. The van der Waals surface area contributed by atoms with Crippen molar-refractivity contribution < 1.29 is 8.42 Å². The van der Waals surface area contributed by atoms with Gasteiger partial charge in [0.15, 0.2) is 0 Å². The first-order valence-corrected chi connectivity index (χ1v) is 8.76. The second-order valence-corrected chi connectivity index (χ2v) is 7.81. The van der Waals surface area contributed by atoms with Gasteiger partial charge in [0.2, 0.25) is 10.0 Å². The number of aryl methyl sites for hydroxylation is 2. The van der Waals surface area contributed by atoms with Gasteiger partial charge in [0.25, 0.3) is 0 Å². The Labute approximate surface area is 127 Å². The Bertz CT molecular complexity index is 605. The Morgan fingerprint density at radius 1 is 1.29 bits per heavy atom. The molecule has 0 amide bonds.